The van der Waals surface area contributed by atoms with Gasteiger partial charge in [0.1, 0.15) is 11.6 Å². The smallest absolute Gasteiger partial charge is 0.234 e. The van der Waals surface area contributed by atoms with Gasteiger partial charge in [-0.3, -0.25) is 9.69 Å². The number of fused-ring (bicyclic) bond motifs is 1. The van der Waals surface area contributed by atoms with Crippen LogP contribution >= 0.6 is 0 Å². The fraction of sp³-hybridized carbons (Fsp3) is 0.174. The first kappa shape index (κ1) is 18.3. The molecule has 4 rings (SSSR count). The third-order valence-corrected chi connectivity index (χ3v) is 4.99. The Labute approximate surface area is 162 Å². The van der Waals surface area contributed by atoms with E-state index in [1.165, 1.54) is 35.4 Å². The van der Waals surface area contributed by atoms with Crippen LogP contribution in [0.3, 0.4) is 0 Å². The second-order valence-electron chi connectivity index (χ2n) is 7.02. The molecule has 0 atom stereocenters. The third kappa shape index (κ3) is 4.10. The van der Waals surface area contributed by atoms with Crippen molar-refractivity contribution in [3.8, 4) is 0 Å². The van der Waals surface area contributed by atoms with Crippen molar-refractivity contribution < 1.29 is 13.6 Å². The molecule has 0 fully saturated rings. The highest BCUT2D eigenvalue weighted by atomic mass is 19.1. The molecule has 1 heterocycles. The van der Waals surface area contributed by atoms with Crippen LogP contribution in [0, 0.1) is 11.6 Å². The standard InChI is InChI=1S/C23H20F2N2O/c24-20-9-5-16(6-10-20)23(17-7-11-21(25)12-8-17)26-22(28)15-27-13-18-3-1-2-4-19(18)14-27/h1-12,23H,13-15H2,(H,26,28). The number of benzene rings is 3. The average molecular weight is 378 g/mol. The van der Waals surface area contributed by atoms with E-state index in [1.807, 2.05) is 12.1 Å². The lowest BCUT2D eigenvalue weighted by atomic mass is 9.98. The van der Waals surface area contributed by atoms with Crippen molar-refractivity contribution in [3.05, 3.63) is 107 Å². The SMILES string of the molecule is O=C(CN1Cc2ccccc2C1)NC(c1ccc(F)cc1)c1ccc(F)cc1. The van der Waals surface area contributed by atoms with E-state index in [0.29, 0.717) is 0 Å². The Morgan fingerprint density at radius 1 is 0.821 bits per heavy atom. The van der Waals surface area contributed by atoms with Crippen molar-refractivity contribution >= 4 is 5.91 Å². The summed E-state index contributed by atoms with van der Waals surface area (Å²) in [5, 5.41) is 3.02. The van der Waals surface area contributed by atoms with Crippen LogP contribution in [0.4, 0.5) is 8.78 Å². The van der Waals surface area contributed by atoms with Crippen LogP contribution in [0.2, 0.25) is 0 Å². The van der Waals surface area contributed by atoms with Crippen molar-refractivity contribution in [2.24, 2.45) is 0 Å². The van der Waals surface area contributed by atoms with Gasteiger partial charge in [-0.2, -0.15) is 0 Å². The molecule has 5 heteroatoms. The average Bonchev–Trinajstić information content (AvgIpc) is 3.10. The Kier molecular flexibility index (Phi) is 5.17. The minimum Gasteiger partial charge on any atom is -0.344 e. The van der Waals surface area contributed by atoms with Gasteiger partial charge in [-0.15, -0.1) is 0 Å². The quantitative estimate of drug-likeness (QED) is 0.722. The lowest BCUT2D eigenvalue weighted by molar-refractivity contribution is -0.122. The van der Waals surface area contributed by atoms with E-state index in [2.05, 4.69) is 22.3 Å². The van der Waals surface area contributed by atoms with Gasteiger partial charge in [-0.05, 0) is 46.5 Å². The molecule has 0 saturated heterocycles. The zero-order valence-corrected chi connectivity index (χ0v) is 15.2. The van der Waals surface area contributed by atoms with Crippen molar-refractivity contribution in [1.29, 1.82) is 0 Å². The molecule has 1 amide bonds. The molecule has 0 radical (unpaired) electrons. The summed E-state index contributed by atoms with van der Waals surface area (Å²) in [7, 11) is 0. The zero-order valence-electron chi connectivity index (χ0n) is 15.2. The summed E-state index contributed by atoms with van der Waals surface area (Å²) in [5.41, 5.74) is 3.96. The number of nitrogens with zero attached hydrogens (tertiary/aromatic N) is 1. The molecule has 0 saturated carbocycles. The minimum absolute atomic E-state index is 0.133. The highest BCUT2D eigenvalue weighted by Crippen LogP contribution is 2.24. The number of halogens is 2. The molecule has 0 aromatic heterocycles. The number of amides is 1. The first-order valence-corrected chi connectivity index (χ1v) is 9.18. The molecule has 0 unspecified atom stereocenters. The molecular weight excluding hydrogens is 358 g/mol. The predicted octanol–water partition coefficient (Wildman–Crippen LogP) is 4.19. The molecule has 0 spiro atoms. The number of nitrogens with one attached hydrogen (secondary N) is 1. The van der Waals surface area contributed by atoms with Crippen molar-refractivity contribution in [3.63, 3.8) is 0 Å². The largest absolute Gasteiger partial charge is 0.344 e. The number of carbonyl (C=O) groups is 1. The summed E-state index contributed by atoms with van der Waals surface area (Å²) in [6.45, 7) is 1.73. The Morgan fingerprint density at radius 2 is 1.29 bits per heavy atom. The second-order valence-corrected chi connectivity index (χ2v) is 7.02. The molecule has 142 valence electrons. The summed E-state index contributed by atoms with van der Waals surface area (Å²) in [4.78, 5) is 14.8. The topological polar surface area (TPSA) is 32.3 Å². The first-order chi connectivity index (χ1) is 13.6. The van der Waals surface area contributed by atoms with Crippen LogP contribution in [0.1, 0.15) is 28.3 Å². The molecule has 1 N–H and O–H groups in total. The van der Waals surface area contributed by atoms with Gasteiger partial charge in [-0.25, -0.2) is 8.78 Å². The van der Waals surface area contributed by atoms with E-state index in [0.717, 1.165) is 24.2 Å². The molecule has 3 nitrogen and oxygen atoms in total. The van der Waals surface area contributed by atoms with Gasteiger partial charge in [0.15, 0.2) is 0 Å². The molecule has 28 heavy (non-hydrogen) atoms. The highest BCUT2D eigenvalue weighted by Gasteiger charge is 2.23. The van der Waals surface area contributed by atoms with Crippen molar-refractivity contribution in [2.45, 2.75) is 19.1 Å². The Hall–Kier alpha value is -3.05. The Balaban J connectivity index is 1.50. The Morgan fingerprint density at radius 3 is 1.75 bits per heavy atom. The third-order valence-electron chi connectivity index (χ3n) is 4.99. The van der Waals surface area contributed by atoms with Gasteiger partial charge >= 0.3 is 0 Å². The summed E-state index contributed by atoms with van der Waals surface area (Å²) in [5.74, 6) is -0.822. The number of hydrogen-bond acceptors (Lipinski definition) is 2. The maximum atomic E-state index is 13.3. The van der Waals surface area contributed by atoms with Gasteiger partial charge in [0.25, 0.3) is 0 Å². The first-order valence-electron chi connectivity index (χ1n) is 9.18. The van der Waals surface area contributed by atoms with Gasteiger partial charge in [-0.1, -0.05) is 48.5 Å². The minimum atomic E-state index is -0.473. The lowest BCUT2D eigenvalue weighted by Crippen LogP contribution is -2.37. The number of hydrogen-bond donors (Lipinski definition) is 1. The van der Waals surface area contributed by atoms with E-state index >= 15 is 0 Å². The van der Waals surface area contributed by atoms with Crippen molar-refractivity contribution in [1.82, 2.24) is 10.2 Å². The lowest BCUT2D eigenvalue weighted by Gasteiger charge is -2.22. The van der Waals surface area contributed by atoms with Gasteiger partial charge in [0.2, 0.25) is 5.91 Å². The van der Waals surface area contributed by atoms with Crippen LogP contribution < -0.4 is 5.32 Å². The van der Waals surface area contributed by atoms with Crippen molar-refractivity contribution in [2.75, 3.05) is 6.54 Å². The molecule has 1 aliphatic rings. The molecule has 1 aliphatic heterocycles. The summed E-state index contributed by atoms with van der Waals surface area (Å²) >= 11 is 0. The summed E-state index contributed by atoms with van der Waals surface area (Å²) in [6.07, 6.45) is 0. The fourth-order valence-electron chi connectivity index (χ4n) is 3.59. The molecular formula is C23H20F2N2O. The van der Waals surface area contributed by atoms with E-state index in [-0.39, 0.29) is 24.1 Å². The second kappa shape index (κ2) is 7.90. The van der Waals surface area contributed by atoms with E-state index < -0.39 is 6.04 Å². The maximum absolute atomic E-state index is 13.3. The zero-order chi connectivity index (χ0) is 19.5. The molecule has 3 aromatic rings. The normalized spacial score (nSPS) is 13.5. The predicted molar refractivity (Wildman–Crippen MR) is 103 cm³/mol. The van der Waals surface area contributed by atoms with Crippen LogP contribution in [-0.2, 0) is 17.9 Å². The molecule has 3 aromatic carbocycles. The van der Waals surface area contributed by atoms with Crippen LogP contribution in [-0.4, -0.2) is 17.4 Å². The molecule has 0 aliphatic carbocycles. The highest BCUT2D eigenvalue weighted by molar-refractivity contribution is 5.79. The van der Waals surface area contributed by atoms with Crippen LogP contribution in [0.25, 0.3) is 0 Å². The number of rotatable bonds is 5. The van der Waals surface area contributed by atoms with Crippen LogP contribution in [0.15, 0.2) is 72.8 Å². The summed E-state index contributed by atoms with van der Waals surface area (Å²) in [6, 6.07) is 19.6. The van der Waals surface area contributed by atoms with E-state index in [4.69, 9.17) is 0 Å². The monoisotopic (exact) mass is 378 g/mol. The van der Waals surface area contributed by atoms with Gasteiger partial charge in [0, 0.05) is 13.1 Å². The summed E-state index contributed by atoms with van der Waals surface area (Å²) < 4.78 is 26.6. The van der Waals surface area contributed by atoms with Gasteiger partial charge < -0.3 is 5.32 Å². The number of carbonyl (C=O) groups excluding carboxylic acids is 1. The Bertz CT molecular complexity index is 900. The van der Waals surface area contributed by atoms with Gasteiger partial charge in [0.05, 0.1) is 12.6 Å². The van der Waals surface area contributed by atoms with Crippen LogP contribution in [0.5, 0.6) is 0 Å². The van der Waals surface area contributed by atoms with E-state index in [9.17, 15) is 13.6 Å². The fourth-order valence-corrected chi connectivity index (χ4v) is 3.59. The maximum Gasteiger partial charge on any atom is 0.234 e. The van der Waals surface area contributed by atoms with E-state index in [1.54, 1.807) is 24.3 Å². The molecule has 0 bridgehead atoms.